The van der Waals surface area contributed by atoms with Crippen molar-refractivity contribution in [2.75, 3.05) is 0 Å². The summed E-state index contributed by atoms with van der Waals surface area (Å²) in [7, 11) is 0. The van der Waals surface area contributed by atoms with E-state index >= 15 is 0 Å². The van der Waals surface area contributed by atoms with Crippen molar-refractivity contribution in [1.29, 1.82) is 0 Å². The third kappa shape index (κ3) is 5.42. The van der Waals surface area contributed by atoms with Crippen molar-refractivity contribution in [3.05, 3.63) is 121 Å². The van der Waals surface area contributed by atoms with Crippen molar-refractivity contribution in [3.63, 3.8) is 0 Å². The van der Waals surface area contributed by atoms with Crippen LogP contribution in [0.4, 0.5) is 0 Å². The van der Waals surface area contributed by atoms with E-state index < -0.39 is 18.7 Å². The Morgan fingerprint density at radius 3 is 0.724 bits per heavy atom. The van der Waals surface area contributed by atoms with Crippen molar-refractivity contribution < 1.29 is 31.7 Å². The van der Waals surface area contributed by atoms with Crippen LogP contribution in [0.15, 0.2) is 121 Å². The Balaban J connectivity index is 1.75. The summed E-state index contributed by atoms with van der Waals surface area (Å²) < 4.78 is 25.5. The zero-order valence-corrected chi connectivity index (χ0v) is 18.8. The van der Waals surface area contributed by atoms with E-state index in [0.29, 0.717) is 23.0 Å². The van der Waals surface area contributed by atoms with Crippen LogP contribution in [-0.4, -0.2) is 0 Å². The van der Waals surface area contributed by atoms with Gasteiger partial charge in [-0.3, -0.25) is 0 Å². The fourth-order valence-corrected chi connectivity index (χ4v) is 8.82. The predicted octanol–water partition coefficient (Wildman–Crippen LogP) is 6.12. The van der Waals surface area contributed by atoms with Crippen LogP contribution in [0.25, 0.3) is 0 Å². The minimum atomic E-state index is -4.79. The van der Waals surface area contributed by atoms with Gasteiger partial charge >= 0.3 is 176 Å². The SMILES string of the molecule is c1ccc([O][Ta]([O]c2ccccc2)([O]c2ccccc2)[O]c2ccccc2)cc1. The molecule has 0 bridgehead atoms. The van der Waals surface area contributed by atoms with Gasteiger partial charge in [-0.25, -0.2) is 0 Å². The Morgan fingerprint density at radius 1 is 0.310 bits per heavy atom. The van der Waals surface area contributed by atoms with Gasteiger partial charge in [-0.2, -0.15) is 0 Å². The average Bonchev–Trinajstić information content (AvgIpc) is 2.76. The maximum atomic E-state index is 6.36. The summed E-state index contributed by atoms with van der Waals surface area (Å²) in [5.74, 6) is 2.53. The van der Waals surface area contributed by atoms with Crippen molar-refractivity contribution >= 4 is 0 Å². The second-order valence-electron chi connectivity index (χ2n) is 6.06. The molecule has 0 aliphatic rings. The van der Waals surface area contributed by atoms with Crippen LogP contribution in [0.3, 0.4) is 0 Å². The molecule has 0 amide bonds. The topological polar surface area (TPSA) is 36.9 Å². The molecule has 0 aromatic heterocycles. The van der Waals surface area contributed by atoms with Gasteiger partial charge in [0.1, 0.15) is 0 Å². The van der Waals surface area contributed by atoms with Crippen LogP contribution < -0.4 is 13.0 Å². The van der Waals surface area contributed by atoms with Gasteiger partial charge in [-0.1, -0.05) is 0 Å². The van der Waals surface area contributed by atoms with E-state index in [2.05, 4.69) is 0 Å². The van der Waals surface area contributed by atoms with E-state index in [1.54, 1.807) is 0 Å². The molecule has 0 unspecified atom stereocenters. The molecule has 145 valence electrons. The molecule has 0 radical (unpaired) electrons. The number of rotatable bonds is 8. The molecule has 0 N–H and O–H groups in total. The second kappa shape index (κ2) is 9.35. The molecule has 0 atom stereocenters. The molecule has 0 saturated carbocycles. The van der Waals surface area contributed by atoms with Crippen LogP contribution in [0.1, 0.15) is 0 Å². The van der Waals surface area contributed by atoms with Crippen LogP contribution >= 0.6 is 0 Å². The fraction of sp³-hybridized carbons (Fsp3) is 0. The van der Waals surface area contributed by atoms with Gasteiger partial charge in [0.25, 0.3) is 0 Å². The van der Waals surface area contributed by atoms with Gasteiger partial charge in [0.05, 0.1) is 0 Å². The van der Waals surface area contributed by atoms with E-state index in [9.17, 15) is 0 Å². The third-order valence-electron chi connectivity index (χ3n) is 3.84. The van der Waals surface area contributed by atoms with E-state index in [-0.39, 0.29) is 0 Å². The van der Waals surface area contributed by atoms with Crippen molar-refractivity contribution in [2.45, 2.75) is 0 Å². The molecule has 0 aliphatic carbocycles. The molecule has 4 rings (SSSR count). The van der Waals surface area contributed by atoms with Crippen molar-refractivity contribution in [3.8, 4) is 23.0 Å². The maximum absolute atomic E-state index is 6.36. The number of para-hydroxylation sites is 4. The van der Waals surface area contributed by atoms with Gasteiger partial charge < -0.3 is 0 Å². The summed E-state index contributed by atoms with van der Waals surface area (Å²) in [6, 6.07) is 37.9. The van der Waals surface area contributed by atoms with Crippen molar-refractivity contribution in [1.82, 2.24) is 0 Å². The monoisotopic (exact) mass is 553 g/mol. The summed E-state index contributed by atoms with van der Waals surface area (Å²) >= 11 is -4.79. The number of hydrogen-bond donors (Lipinski definition) is 0. The molecular formula is C24H20O4Ta. The number of benzene rings is 4. The van der Waals surface area contributed by atoms with Gasteiger partial charge in [0.2, 0.25) is 0 Å². The minimum absolute atomic E-state index is 0.633. The summed E-state index contributed by atoms with van der Waals surface area (Å²) in [4.78, 5) is 0. The molecule has 4 nitrogen and oxygen atoms in total. The first kappa shape index (κ1) is 19.2. The zero-order valence-electron chi connectivity index (χ0n) is 15.6. The first-order valence-corrected chi connectivity index (χ1v) is 14.4. The first-order chi connectivity index (χ1) is 14.3. The zero-order chi connectivity index (χ0) is 19.8. The van der Waals surface area contributed by atoms with Gasteiger partial charge in [-0.15, -0.1) is 0 Å². The summed E-state index contributed by atoms with van der Waals surface area (Å²) in [6.07, 6.45) is 0. The Kier molecular flexibility index (Phi) is 6.17. The van der Waals surface area contributed by atoms with E-state index in [1.165, 1.54) is 0 Å². The van der Waals surface area contributed by atoms with E-state index in [0.717, 1.165) is 0 Å². The fourth-order valence-electron chi connectivity index (χ4n) is 2.55. The first-order valence-electron chi connectivity index (χ1n) is 9.19. The van der Waals surface area contributed by atoms with Gasteiger partial charge in [-0.05, 0) is 0 Å². The molecule has 29 heavy (non-hydrogen) atoms. The Morgan fingerprint density at radius 2 is 0.517 bits per heavy atom. The predicted molar refractivity (Wildman–Crippen MR) is 108 cm³/mol. The summed E-state index contributed by atoms with van der Waals surface area (Å²) in [5.41, 5.74) is 0. The quantitative estimate of drug-likeness (QED) is 0.264. The summed E-state index contributed by atoms with van der Waals surface area (Å²) in [5, 5.41) is 0. The Labute approximate surface area is 175 Å². The van der Waals surface area contributed by atoms with Crippen molar-refractivity contribution in [2.24, 2.45) is 0 Å². The molecule has 0 aliphatic heterocycles. The van der Waals surface area contributed by atoms with E-state index in [1.807, 2.05) is 121 Å². The standard InChI is InChI=1S/4C6H6O.Ta/c4*7-6-4-2-1-3-5-6;/h4*1-5,7H;/q;;;;+4/p-4. The molecule has 5 heteroatoms. The van der Waals surface area contributed by atoms with Gasteiger partial charge in [0.15, 0.2) is 0 Å². The Bertz CT molecular complexity index is 824. The number of hydrogen-bond acceptors (Lipinski definition) is 4. The van der Waals surface area contributed by atoms with E-state index in [4.69, 9.17) is 13.0 Å². The summed E-state index contributed by atoms with van der Waals surface area (Å²) in [6.45, 7) is 0. The molecule has 0 spiro atoms. The molecule has 4 aromatic carbocycles. The van der Waals surface area contributed by atoms with Crippen LogP contribution in [-0.2, 0) is 18.7 Å². The third-order valence-corrected chi connectivity index (χ3v) is 10.1. The van der Waals surface area contributed by atoms with Crippen LogP contribution in [0, 0.1) is 0 Å². The second-order valence-corrected chi connectivity index (χ2v) is 11.9. The van der Waals surface area contributed by atoms with Gasteiger partial charge in [0, 0.05) is 0 Å². The molecular weight excluding hydrogens is 533 g/mol. The Hall–Kier alpha value is -3.18. The van der Waals surface area contributed by atoms with Crippen LogP contribution in [0.2, 0.25) is 0 Å². The molecule has 0 fully saturated rings. The molecule has 4 aromatic rings. The van der Waals surface area contributed by atoms with Crippen LogP contribution in [0.5, 0.6) is 23.0 Å². The molecule has 0 heterocycles. The normalized spacial score (nSPS) is 10.8. The molecule has 0 saturated heterocycles. The average molecular weight is 553 g/mol.